The molecule has 0 radical (unpaired) electrons. The van der Waals surface area contributed by atoms with Crippen molar-refractivity contribution < 1.29 is 22.5 Å². The van der Waals surface area contributed by atoms with E-state index in [1.54, 1.807) is 0 Å². The molecule has 1 aromatic carbocycles. The van der Waals surface area contributed by atoms with Crippen LogP contribution in [0.3, 0.4) is 0 Å². The molecule has 28 heavy (non-hydrogen) atoms. The predicted molar refractivity (Wildman–Crippen MR) is 105 cm³/mol. The lowest BCUT2D eigenvalue weighted by atomic mass is 9.86. The van der Waals surface area contributed by atoms with Crippen molar-refractivity contribution in [2.24, 2.45) is 5.92 Å². The topological polar surface area (TPSA) is 70.9 Å². The third-order valence-corrected chi connectivity index (χ3v) is 8.20. The number of carbonyl (C=O) groups is 1. The highest BCUT2D eigenvalue weighted by Gasteiger charge is 2.36. The van der Waals surface area contributed by atoms with Gasteiger partial charge in [-0.15, -0.1) is 0 Å². The van der Waals surface area contributed by atoms with Gasteiger partial charge in [0.2, 0.25) is 10.0 Å². The molecule has 2 N–H and O–H groups in total. The van der Waals surface area contributed by atoms with E-state index in [-0.39, 0.29) is 36.0 Å². The quantitative estimate of drug-likeness (QED) is 0.752. The standard InChI is InChI=1S/C20H30FN3O3S/c1-15-7-3-5-9-18(15)22-20(25)16(2)23-11-13-24(14-12-23)28(26,27)19-10-6-4-8-17(19)21/h4,6,8,10,15-16,18H,3,5,7,9,11-14H2,1-2H3,(H,22,25)/p+1/t15-,16+,18-/m0/s1. The number of hydrogen-bond acceptors (Lipinski definition) is 3. The zero-order valence-corrected chi connectivity index (χ0v) is 17.5. The Morgan fingerprint density at radius 3 is 2.50 bits per heavy atom. The highest BCUT2D eigenvalue weighted by molar-refractivity contribution is 7.89. The lowest BCUT2D eigenvalue weighted by Gasteiger charge is -2.35. The summed E-state index contributed by atoms with van der Waals surface area (Å²) >= 11 is 0. The second kappa shape index (κ2) is 8.88. The Labute approximate surface area is 167 Å². The number of carbonyl (C=O) groups excluding carboxylic acids is 1. The van der Waals surface area contributed by atoms with Crippen molar-refractivity contribution in [3.05, 3.63) is 30.1 Å². The van der Waals surface area contributed by atoms with Crippen LogP contribution in [0.5, 0.6) is 0 Å². The first-order valence-electron chi connectivity index (χ1n) is 10.2. The summed E-state index contributed by atoms with van der Waals surface area (Å²) in [4.78, 5) is 13.5. The van der Waals surface area contributed by atoms with E-state index in [1.807, 2.05) is 6.92 Å². The van der Waals surface area contributed by atoms with Crippen LogP contribution in [-0.4, -0.2) is 56.9 Å². The summed E-state index contributed by atoms with van der Waals surface area (Å²) < 4.78 is 40.7. The Bertz CT molecular complexity index is 794. The lowest BCUT2D eigenvalue weighted by molar-refractivity contribution is -0.917. The molecule has 1 aromatic rings. The molecule has 3 rings (SSSR count). The average molecular weight is 413 g/mol. The summed E-state index contributed by atoms with van der Waals surface area (Å²) in [5, 5.41) is 3.20. The summed E-state index contributed by atoms with van der Waals surface area (Å²) in [5.74, 6) is -0.187. The van der Waals surface area contributed by atoms with Crippen LogP contribution in [0.2, 0.25) is 0 Å². The Morgan fingerprint density at radius 1 is 1.21 bits per heavy atom. The van der Waals surface area contributed by atoms with E-state index in [9.17, 15) is 17.6 Å². The third-order valence-electron chi connectivity index (χ3n) is 6.26. The molecule has 0 spiro atoms. The molecule has 1 heterocycles. The van der Waals surface area contributed by atoms with Crippen molar-refractivity contribution in [2.45, 2.75) is 56.5 Å². The summed E-state index contributed by atoms with van der Waals surface area (Å²) in [6.07, 6.45) is 4.57. The van der Waals surface area contributed by atoms with Crippen LogP contribution >= 0.6 is 0 Å². The zero-order chi connectivity index (χ0) is 20.3. The second-order valence-corrected chi connectivity index (χ2v) is 10.00. The monoisotopic (exact) mass is 412 g/mol. The summed E-state index contributed by atoms with van der Waals surface area (Å²) in [6.45, 7) is 5.71. The van der Waals surface area contributed by atoms with E-state index in [4.69, 9.17) is 0 Å². The van der Waals surface area contributed by atoms with Gasteiger partial charge in [-0.1, -0.05) is 31.9 Å². The van der Waals surface area contributed by atoms with Crippen molar-refractivity contribution in [1.29, 1.82) is 0 Å². The van der Waals surface area contributed by atoms with Gasteiger partial charge < -0.3 is 10.2 Å². The molecule has 0 unspecified atom stereocenters. The summed E-state index contributed by atoms with van der Waals surface area (Å²) in [6, 6.07) is 5.47. The first kappa shape index (κ1) is 21.2. The van der Waals surface area contributed by atoms with Gasteiger partial charge in [0.25, 0.3) is 5.91 Å². The number of sulfonamides is 1. The molecule has 3 atom stereocenters. The van der Waals surface area contributed by atoms with Gasteiger partial charge in [0, 0.05) is 6.04 Å². The smallest absolute Gasteiger partial charge is 0.278 e. The Hall–Kier alpha value is -1.51. The van der Waals surface area contributed by atoms with E-state index in [0.29, 0.717) is 19.0 Å². The molecule has 1 amide bonds. The molecule has 6 nitrogen and oxygen atoms in total. The molecule has 1 saturated heterocycles. The molecule has 2 aliphatic rings. The van der Waals surface area contributed by atoms with Crippen LogP contribution in [0.25, 0.3) is 0 Å². The molecule has 2 fully saturated rings. The van der Waals surface area contributed by atoms with Gasteiger partial charge in [-0.2, -0.15) is 4.31 Å². The van der Waals surface area contributed by atoms with Gasteiger partial charge in [0.05, 0.1) is 26.2 Å². The van der Waals surface area contributed by atoms with Crippen LogP contribution in [0, 0.1) is 11.7 Å². The number of nitrogens with one attached hydrogen (secondary N) is 2. The lowest BCUT2D eigenvalue weighted by Crippen LogP contribution is -3.19. The highest BCUT2D eigenvalue weighted by atomic mass is 32.2. The molecular weight excluding hydrogens is 381 g/mol. The number of hydrogen-bond donors (Lipinski definition) is 2. The van der Waals surface area contributed by atoms with E-state index < -0.39 is 15.8 Å². The van der Waals surface area contributed by atoms with Crippen LogP contribution in [0.15, 0.2) is 29.2 Å². The number of amides is 1. The maximum absolute atomic E-state index is 13.9. The normalized spacial score (nSPS) is 26.0. The molecular formula is C20H31FN3O3S+. The van der Waals surface area contributed by atoms with Crippen LogP contribution in [0.4, 0.5) is 4.39 Å². The van der Waals surface area contributed by atoms with Crippen molar-refractivity contribution >= 4 is 15.9 Å². The van der Waals surface area contributed by atoms with E-state index in [2.05, 4.69) is 12.2 Å². The maximum Gasteiger partial charge on any atom is 0.278 e. The Kier molecular flexibility index (Phi) is 6.73. The van der Waals surface area contributed by atoms with E-state index in [0.717, 1.165) is 30.2 Å². The summed E-state index contributed by atoms with van der Waals surface area (Å²) in [5.41, 5.74) is 0. The molecule has 0 bridgehead atoms. The van der Waals surface area contributed by atoms with Crippen molar-refractivity contribution in [2.75, 3.05) is 26.2 Å². The van der Waals surface area contributed by atoms with Crippen LogP contribution in [-0.2, 0) is 14.8 Å². The number of halogens is 1. The van der Waals surface area contributed by atoms with Gasteiger partial charge in [-0.05, 0) is 37.8 Å². The minimum atomic E-state index is -3.85. The van der Waals surface area contributed by atoms with Gasteiger partial charge in [-0.25, -0.2) is 12.8 Å². The number of piperazine rings is 1. The molecule has 1 saturated carbocycles. The molecule has 0 aromatic heterocycles. The van der Waals surface area contributed by atoms with Crippen LogP contribution in [0.1, 0.15) is 39.5 Å². The average Bonchev–Trinajstić information content (AvgIpc) is 2.69. The van der Waals surface area contributed by atoms with E-state index >= 15 is 0 Å². The molecule has 1 aliphatic carbocycles. The number of nitrogens with zero attached hydrogens (tertiary/aromatic N) is 1. The van der Waals surface area contributed by atoms with Gasteiger partial charge in [0.1, 0.15) is 10.7 Å². The Morgan fingerprint density at radius 2 is 1.86 bits per heavy atom. The minimum Gasteiger partial charge on any atom is -0.348 e. The SMILES string of the molecule is C[C@H](C(=O)N[C@H]1CCCC[C@@H]1C)[NH+]1CCN(S(=O)(=O)c2ccccc2F)CC1. The zero-order valence-electron chi connectivity index (χ0n) is 16.7. The van der Waals surface area contributed by atoms with Gasteiger partial charge in [-0.3, -0.25) is 4.79 Å². The summed E-state index contributed by atoms with van der Waals surface area (Å²) in [7, 11) is -3.85. The van der Waals surface area contributed by atoms with Gasteiger partial charge in [0.15, 0.2) is 6.04 Å². The van der Waals surface area contributed by atoms with Crippen molar-refractivity contribution in [3.63, 3.8) is 0 Å². The number of benzene rings is 1. The fourth-order valence-electron chi connectivity index (χ4n) is 4.26. The minimum absolute atomic E-state index is 0.0409. The van der Waals surface area contributed by atoms with Crippen molar-refractivity contribution in [1.82, 2.24) is 9.62 Å². The van der Waals surface area contributed by atoms with E-state index in [1.165, 1.54) is 28.9 Å². The fourth-order valence-corrected chi connectivity index (χ4v) is 5.77. The third kappa shape index (κ3) is 4.55. The fraction of sp³-hybridized carbons (Fsp3) is 0.650. The largest absolute Gasteiger partial charge is 0.348 e. The first-order valence-corrected chi connectivity index (χ1v) is 11.6. The van der Waals surface area contributed by atoms with Gasteiger partial charge >= 0.3 is 0 Å². The predicted octanol–water partition coefficient (Wildman–Crippen LogP) is 0.798. The number of quaternary nitrogens is 1. The molecule has 8 heteroatoms. The first-order chi connectivity index (χ1) is 13.3. The molecule has 156 valence electrons. The Balaban J connectivity index is 1.57. The second-order valence-electron chi connectivity index (χ2n) is 8.09. The maximum atomic E-state index is 13.9. The number of rotatable bonds is 5. The van der Waals surface area contributed by atoms with Crippen molar-refractivity contribution in [3.8, 4) is 0 Å². The highest BCUT2D eigenvalue weighted by Crippen LogP contribution is 2.23. The molecule has 1 aliphatic heterocycles. The van der Waals surface area contributed by atoms with Crippen LogP contribution < -0.4 is 10.2 Å².